The molecule has 0 spiro atoms. The monoisotopic (exact) mass is 1500 g/mol. The first-order valence-electron chi connectivity index (χ1n) is 36.4. The largest absolute Gasteiger partial charge is 0.457 e. The molecular weight excluding hydrogens is 1420 g/mol. The van der Waals surface area contributed by atoms with Crippen molar-refractivity contribution >= 4 is 114 Å². The van der Waals surface area contributed by atoms with E-state index in [-0.39, 0.29) is 161 Å². The smallest absolute Gasteiger partial charge is 0.262 e. The van der Waals surface area contributed by atoms with Gasteiger partial charge in [-0.25, -0.2) is 0 Å². The van der Waals surface area contributed by atoms with E-state index in [9.17, 15) is 28.8 Å². The highest BCUT2D eigenvalue weighted by Crippen LogP contribution is 2.58. The molecule has 0 atom stereocenters. The number of imide groups is 2. The molecule has 13 rings (SSSR count). The highest BCUT2D eigenvalue weighted by molar-refractivity contribution is 6.45. The minimum absolute atomic E-state index is 0.0213. The molecule has 22 nitrogen and oxygen atoms in total. The number of amides is 10. The van der Waals surface area contributed by atoms with E-state index in [1.165, 1.54) is 24.3 Å². The summed E-state index contributed by atoms with van der Waals surface area (Å²) in [5, 5.41) is 18.4. The van der Waals surface area contributed by atoms with Crippen molar-refractivity contribution in [3.05, 3.63) is 274 Å². The van der Waals surface area contributed by atoms with Gasteiger partial charge in [0.05, 0.1) is 22.3 Å². The lowest BCUT2D eigenvalue weighted by Crippen LogP contribution is -2.45. The molecule has 112 heavy (non-hydrogen) atoms. The summed E-state index contributed by atoms with van der Waals surface area (Å²) in [4.78, 5) is 144. The van der Waals surface area contributed by atoms with Crippen LogP contribution in [-0.4, -0.2) is 108 Å². The zero-order chi connectivity index (χ0) is 79.3. The molecule has 22 heteroatoms. The van der Waals surface area contributed by atoms with Gasteiger partial charge in [0.1, 0.15) is 59.1 Å². The molecule has 11 aromatic rings. The van der Waals surface area contributed by atoms with Crippen molar-refractivity contribution in [3.63, 3.8) is 0 Å². The predicted octanol–water partition coefficient (Wildman–Crippen LogP) is 14.9. The maximum atomic E-state index is 15.9. The summed E-state index contributed by atoms with van der Waals surface area (Å²) in [5.74, 6) is -5.22. The van der Waals surface area contributed by atoms with Crippen molar-refractivity contribution in [1.29, 1.82) is 0 Å². The van der Waals surface area contributed by atoms with Crippen LogP contribution in [0.5, 0.6) is 46.0 Å². The van der Waals surface area contributed by atoms with Crippen molar-refractivity contribution in [2.24, 2.45) is 0 Å². The van der Waals surface area contributed by atoms with Crippen LogP contribution in [0, 0.1) is 13.8 Å². The summed E-state index contributed by atoms with van der Waals surface area (Å²) in [5.41, 5.74) is 6.84. The van der Waals surface area contributed by atoms with Crippen molar-refractivity contribution in [2.75, 3.05) is 49.9 Å². The van der Waals surface area contributed by atoms with Gasteiger partial charge in [0.15, 0.2) is 0 Å². The Bertz CT molecular complexity index is 5150. The Morgan fingerprint density at radius 3 is 0.786 bits per heavy atom. The average molecular weight is 1500 g/mol. The molecule has 11 aromatic carbocycles. The quantitative estimate of drug-likeness (QED) is 0.0106. The van der Waals surface area contributed by atoms with Crippen LogP contribution in [0.25, 0.3) is 43.1 Å². The standard InChI is InChI=1S/C90H80N8O14/c1-49(2)83(101)91-37-33-55-17-25-61(26-18-55)109-69-43-65-75-66(88(106)97(87(65)105)47-73(99)95-59-15-11-13-53(9)41-59)45-71(111-63-29-21-57(22-30-63)35-39-93-85(103)51(5)6)79-80-72(112-64-31-23-58(24-32-64)36-40-94-86(104)52(7)8)46-68-76-67(89(107)98(90(68)108)48-74(100)96-60-16-12-14-54(10)42-60)44-70(78(82(76)80)77(69)81(75)79)110-62-27-19-56(20-28-62)34-38-92-84(102)50(3)4/h11-32,41-46H,1,3,5,7,33-40,47-48H2,2,4,6,8-10H3,(H,91,101)(H,92,102)(H,93,103)(H,94,104)(H,95,99)(H,96,100). The Labute approximate surface area is 645 Å². The van der Waals surface area contributed by atoms with E-state index in [1.54, 1.807) is 113 Å². The van der Waals surface area contributed by atoms with Crippen LogP contribution in [0.2, 0.25) is 0 Å². The van der Waals surface area contributed by atoms with E-state index < -0.39 is 48.5 Å². The predicted molar refractivity (Wildman–Crippen MR) is 430 cm³/mol. The van der Waals surface area contributed by atoms with Crippen LogP contribution >= 0.6 is 0 Å². The molecule has 0 unspecified atom stereocenters. The van der Waals surface area contributed by atoms with E-state index in [4.69, 9.17) is 18.9 Å². The summed E-state index contributed by atoms with van der Waals surface area (Å²) >= 11 is 0. The number of ether oxygens (including phenoxy) is 4. The molecule has 2 aliphatic heterocycles. The number of hydrogen-bond donors (Lipinski definition) is 6. The second-order valence-electron chi connectivity index (χ2n) is 28.0. The van der Waals surface area contributed by atoms with Crippen LogP contribution in [0.3, 0.4) is 0 Å². The van der Waals surface area contributed by atoms with Crippen LogP contribution in [0.4, 0.5) is 11.4 Å². The molecule has 2 aliphatic rings. The zero-order valence-electron chi connectivity index (χ0n) is 62.7. The normalized spacial score (nSPS) is 12.2. The Morgan fingerprint density at radius 1 is 0.321 bits per heavy atom. The third-order valence-electron chi connectivity index (χ3n) is 19.2. The molecule has 0 aliphatic carbocycles. The fourth-order valence-corrected chi connectivity index (χ4v) is 13.6. The third kappa shape index (κ3) is 16.4. The van der Waals surface area contributed by atoms with E-state index >= 15 is 19.2 Å². The SMILES string of the molecule is C=C(C)C(=O)NCCc1ccc(Oc2cc3c4c(cc(Oc5ccc(CCNC(=O)C(=C)C)cc5)c5c6c(Oc7ccc(CCNC(=O)C(=C)C)cc7)cc7c8c(cc(Oc9ccc(CCNC(=O)C(=C)C)cc9)c(c2c45)c86)C(=O)N(CC(=O)Nc2cccc(C)c2)C7=O)C(=O)N(CC(=O)Nc2cccc(C)c2)C3=O)cc1. The van der Waals surface area contributed by atoms with Gasteiger partial charge in [-0.05, 0) is 198 Å². The molecule has 0 aromatic heterocycles. The zero-order valence-corrected chi connectivity index (χ0v) is 62.7. The number of hydrogen-bond acceptors (Lipinski definition) is 14. The van der Waals surface area contributed by atoms with Gasteiger partial charge < -0.3 is 50.8 Å². The number of aryl methyl sites for hydroxylation is 2. The van der Waals surface area contributed by atoms with Gasteiger partial charge in [-0.3, -0.25) is 57.7 Å². The van der Waals surface area contributed by atoms with Crippen LogP contribution in [0.1, 0.15) is 103 Å². The van der Waals surface area contributed by atoms with Gasteiger partial charge in [0.2, 0.25) is 35.4 Å². The summed E-state index contributed by atoms with van der Waals surface area (Å²) < 4.78 is 28.8. The lowest BCUT2D eigenvalue weighted by Gasteiger charge is -2.32. The summed E-state index contributed by atoms with van der Waals surface area (Å²) in [6.07, 6.45) is 1.66. The molecular formula is C90H80N8O14. The van der Waals surface area contributed by atoms with E-state index in [2.05, 4.69) is 58.2 Å². The molecule has 0 radical (unpaired) electrons. The van der Waals surface area contributed by atoms with Gasteiger partial charge >= 0.3 is 0 Å². The lowest BCUT2D eigenvalue weighted by atomic mass is 9.80. The minimum Gasteiger partial charge on any atom is -0.457 e. The first-order chi connectivity index (χ1) is 53.7. The summed E-state index contributed by atoms with van der Waals surface area (Å²) in [7, 11) is 0. The second-order valence-corrected chi connectivity index (χ2v) is 28.0. The van der Waals surface area contributed by atoms with Crippen molar-refractivity contribution in [3.8, 4) is 46.0 Å². The van der Waals surface area contributed by atoms with Crippen molar-refractivity contribution in [1.82, 2.24) is 31.1 Å². The number of anilines is 2. The Kier molecular flexibility index (Phi) is 22.1. The van der Waals surface area contributed by atoms with Crippen LogP contribution < -0.4 is 50.8 Å². The molecule has 2 heterocycles. The van der Waals surface area contributed by atoms with E-state index in [0.717, 1.165) is 43.2 Å². The van der Waals surface area contributed by atoms with E-state index in [1.807, 2.05) is 74.5 Å². The summed E-state index contributed by atoms with van der Waals surface area (Å²) in [6, 6.07) is 48.2. The highest BCUT2D eigenvalue weighted by Gasteiger charge is 2.43. The maximum absolute atomic E-state index is 15.9. The fraction of sp³-hybridized carbons (Fsp3) is 0.178. The molecule has 0 bridgehead atoms. The lowest BCUT2D eigenvalue weighted by molar-refractivity contribution is -0.118. The number of carbonyl (C=O) groups is 10. The Hall–Kier alpha value is -14.0. The first-order valence-corrected chi connectivity index (χ1v) is 36.4. The molecule has 10 amide bonds. The van der Waals surface area contributed by atoms with Gasteiger partial charge in [-0.15, -0.1) is 0 Å². The van der Waals surface area contributed by atoms with Gasteiger partial charge in [0, 0.05) is 103 Å². The second kappa shape index (κ2) is 32.4. The number of fused-ring (bicyclic) bond motifs is 2. The molecule has 0 saturated carbocycles. The van der Waals surface area contributed by atoms with E-state index in [0.29, 0.717) is 59.4 Å². The van der Waals surface area contributed by atoms with Gasteiger partial charge in [-0.2, -0.15) is 0 Å². The number of nitrogens with zero attached hydrogens (tertiary/aromatic N) is 2. The van der Waals surface area contributed by atoms with Crippen LogP contribution in [0.15, 0.2) is 218 Å². The van der Waals surface area contributed by atoms with Crippen molar-refractivity contribution < 1.29 is 66.9 Å². The molecule has 0 saturated heterocycles. The number of nitrogens with one attached hydrogen (secondary N) is 6. The Morgan fingerprint density at radius 2 is 0.562 bits per heavy atom. The number of rotatable bonds is 30. The van der Waals surface area contributed by atoms with Gasteiger partial charge in [-0.1, -0.05) is 99.1 Å². The topological polar surface area (TPSA) is 286 Å². The maximum Gasteiger partial charge on any atom is 0.262 e. The minimum atomic E-state index is -0.875. The number of benzene rings is 11. The fourth-order valence-electron chi connectivity index (χ4n) is 13.6. The highest BCUT2D eigenvalue weighted by atomic mass is 16.5. The first kappa shape index (κ1) is 76.2. The number of carbonyl (C=O) groups excluding carboxylic acids is 10. The van der Waals surface area contributed by atoms with Crippen LogP contribution in [-0.2, 0) is 54.5 Å². The molecule has 564 valence electrons. The molecule has 6 N–H and O–H groups in total. The average Bonchev–Trinajstić information content (AvgIpc) is 0.672. The van der Waals surface area contributed by atoms with Gasteiger partial charge in [0.25, 0.3) is 23.6 Å². The Balaban J connectivity index is 1.10. The molecule has 0 fully saturated rings. The van der Waals surface area contributed by atoms with Crippen molar-refractivity contribution in [2.45, 2.75) is 67.2 Å². The third-order valence-corrected chi connectivity index (χ3v) is 19.2. The summed E-state index contributed by atoms with van der Waals surface area (Å²) in [6.45, 7) is 24.8.